The minimum absolute atomic E-state index is 0. The fourth-order valence-corrected chi connectivity index (χ4v) is 3.08. The Hall–Kier alpha value is -0.810. The van der Waals surface area contributed by atoms with Crippen molar-refractivity contribution in [1.29, 1.82) is 0 Å². The van der Waals surface area contributed by atoms with E-state index in [0.717, 1.165) is 18.9 Å². The second-order valence-electron chi connectivity index (χ2n) is 8.53. The van der Waals surface area contributed by atoms with Crippen LogP contribution in [0.2, 0.25) is 0 Å². The van der Waals surface area contributed by atoms with Crippen molar-refractivity contribution in [3.63, 3.8) is 0 Å². The lowest BCUT2D eigenvalue weighted by Crippen LogP contribution is -2.55. The predicted octanol–water partition coefficient (Wildman–Crippen LogP) is 3.56. The second kappa shape index (κ2) is 8.72. The number of aliphatic hydroxyl groups is 1. The molecule has 0 bridgehead atoms. The van der Waals surface area contributed by atoms with Crippen LogP contribution >= 0.6 is 12.4 Å². The molecule has 1 unspecified atom stereocenters. The number of nitrogens with zero attached hydrogens (tertiary/aromatic N) is 1. The lowest BCUT2D eigenvalue weighted by molar-refractivity contribution is -0.0703. The molecule has 5 heteroatoms. The van der Waals surface area contributed by atoms with E-state index in [1.807, 2.05) is 6.07 Å². The summed E-state index contributed by atoms with van der Waals surface area (Å²) in [6, 6.07) is 6.25. The monoisotopic (exact) mass is 371 g/mol. The maximum atomic E-state index is 10.4. The molecule has 1 aromatic carbocycles. The third kappa shape index (κ3) is 6.14. The molecule has 0 aliphatic carbocycles. The fraction of sp³-hybridized carbons (Fsp3) is 0.700. The molecule has 1 N–H and O–H groups in total. The molecule has 1 heterocycles. The molecule has 0 spiro atoms. The summed E-state index contributed by atoms with van der Waals surface area (Å²) in [5, 5.41) is 10.4. The van der Waals surface area contributed by atoms with Crippen molar-refractivity contribution in [2.24, 2.45) is 0 Å². The number of halogens is 1. The van der Waals surface area contributed by atoms with E-state index in [1.165, 1.54) is 11.1 Å². The number of benzene rings is 1. The summed E-state index contributed by atoms with van der Waals surface area (Å²) in [5.41, 5.74) is 2.38. The molecular weight excluding hydrogens is 338 g/mol. The van der Waals surface area contributed by atoms with Crippen LogP contribution in [0.25, 0.3) is 0 Å². The Balaban J connectivity index is 0.00000312. The third-order valence-corrected chi connectivity index (χ3v) is 4.62. The van der Waals surface area contributed by atoms with Crippen LogP contribution in [0, 0.1) is 6.92 Å². The highest BCUT2D eigenvalue weighted by atomic mass is 35.5. The molecule has 4 nitrogen and oxygen atoms in total. The van der Waals surface area contributed by atoms with E-state index in [9.17, 15) is 5.11 Å². The lowest BCUT2D eigenvalue weighted by Gasteiger charge is -2.42. The maximum absolute atomic E-state index is 10.4. The highest BCUT2D eigenvalue weighted by Crippen LogP contribution is 2.32. The van der Waals surface area contributed by atoms with E-state index >= 15 is 0 Å². The molecule has 1 aliphatic rings. The van der Waals surface area contributed by atoms with Crippen LogP contribution in [0.4, 0.5) is 0 Å². The average Bonchev–Trinajstić information content (AvgIpc) is 2.47. The Kier molecular flexibility index (Phi) is 7.75. The Morgan fingerprint density at radius 2 is 2.00 bits per heavy atom. The fourth-order valence-electron chi connectivity index (χ4n) is 3.08. The largest absolute Gasteiger partial charge is 0.491 e. The van der Waals surface area contributed by atoms with Gasteiger partial charge in [-0.3, -0.25) is 4.90 Å². The molecule has 0 aromatic heterocycles. The van der Waals surface area contributed by atoms with Crippen molar-refractivity contribution in [3.8, 4) is 5.75 Å². The van der Waals surface area contributed by atoms with Crippen molar-refractivity contribution < 1.29 is 14.6 Å². The van der Waals surface area contributed by atoms with Gasteiger partial charge in [0, 0.05) is 18.6 Å². The van der Waals surface area contributed by atoms with E-state index in [0.29, 0.717) is 19.8 Å². The SMILES string of the molecule is Cc1ccc(OCC(O)CN2CCOCC2(C)C)c(C(C)(C)C)c1.Cl. The summed E-state index contributed by atoms with van der Waals surface area (Å²) in [4.78, 5) is 2.28. The first-order chi connectivity index (χ1) is 11.1. The molecule has 0 radical (unpaired) electrons. The Labute approximate surface area is 158 Å². The topological polar surface area (TPSA) is 41.9 Å². The first-order valence-corrected chi connectivity index (χ1v) is 8.84. The van der Waals surface area contributed by atoms with E-state index in [2.05, 4.69) is 58.6 Å². The van der Waals surface area contributed by atoms with Crippen LogP contribution < -0.4 is 4.74 Å². The number of β-amino-alcohol motifs (C(OH)–C–C–N with tert-alkyl or cyclic N) is 1. The zero-order valence-electron chi connectivity index (χ0n) is 16.5. The number of aryl methyl sites for hydroxylation is 1. The molecule has 1 saturated heterocycles. The second-order valence-corrected chi connectivity index (χ2v) is 8.53. The minimum atomic E-state index is -0.517. The summed E-state index contributed by atoms with van der Waals surface area (Å²) >= 11 is 0. The Morgan fingerprint density at radius 3 is 2.60 bits per heavy atom. The number of rotatable bonds is 5. The van der Waals surface area contributed by atoms with Gasteiger partial charge in [-0.05, 0) is 37.8 Å². The molecule has 0 saturated carbocycles. The van der Waals surface area contributed by atoms with Crippen LogP contribution in [0.1, 0.15) is 45.7 Å². The molecule has 1 atom stereocenters. The van der Waals surface area contributed by atoms with Gasteiger partial charge in [-0.25, -0.2) is 0 Å². The van der Waals surface area contributed by atoms with Crippen molar-refractivity contribution >= 4 is 12.4 Å². The number of aliphatic hydroxyl groups excluding tert-OH is 1. The summed E-state index contributed by atoms with van der Waals surface area (Å²) < 4.78 is 11.5. The highest BCUT2D eigenvalue weighted by molar-refractivity contribution is 5.85. The zero-order valence-corrected chi connectivity index (χ0v) is 17.3. The molecule has 25 heavy (non-hydrogen) atoms. The van der Waals surface area contributed by atoms with Gasteiger partial charge in [-0.15, -0.1) is 12.4 Å². The van der Waals surface area contributed by atoms with E-state index in [4.69, 9.17) is 9.47 Å². The van der Waals surface area contributed by atoms with E-state index in [-0.39, 0.29) is 23.4 Å². The van der Waals surface area contributed by atoms with Gasteiger partial charge < -0.3 is 14.6 Å². The quantitative estimate of drug-likeness (QED) is 0.859. The summed E-state index contributed by atoms with van der Waals surface area (Å²) in [6.07, 6.45) is -0.517. The van der Waals surface area contributed by atoms with Crippen LogP contribution in [0.3, 0.4) is 0 Å². The van der Waals surface area contributed by atoms with Crippen LogP contribution in [0.15, 0.2) is 18.2 Å². The molecule has 1 fully saturated rings. The first kappa shape index (κ1) is 22.2. The summed E-state index contributed by atoms with van der Waals surface area (Å²) in [6.45, 7) is 16.1. The third-order valence-electron chi connectivity index (χ3n) is 4.62. The molecular formula is C20H34ClNO3. The van der Waals surface area contributed by atoms with Gasteiger partial charge in [-0.2, -0.15) is 0 Å². The molecule has 1 aromatic rings. The van der Waals surface area contributed by atoms with Crippen LogP contribution in [-0.2, 0) is 10.2 Å². The van der Waals surface area contributed by atoms with Crippen molar-refractivity contribution in [1.82, 2.24) is 4.90 Å². The molecule has 144 valence electrons. The van der Waals surface area contributed by atoms with Gasteiger partial charge in [0.2, 0.25) is 0 Å². The van der Waals surface area contributed by atoms with Gasteiger partial charge in [-0.1, -0.05) is 38.5 Å². The lowest BCUT2D eigenvalue weighted by atomic mass is 9.85. The Morgan fingerprint density at radius 1 is 1.32 bits per heavy atom. The van der Waals surface area contributed by atoms with Gasteiger partial charge in [0.05, 0.1) is 13.2 Å². The number of hydrogen-bond acceptors (Lipinski definition) is 4. The standard InChI is InChI=1S/C20H33NO3.ClH/c1-15-7-8-18(17(11-15)19(2,3)4)24-13-16(22)12-21-9-10-23-14-20(21,5)6;/h7-8,11,16,22H,9-10,12-14H2,1-6H3;1H. The van der Waals surface area contributed by atoms with Crippen molar-refractivity contribution in [2.75, 3.05) is 32.9 Å². The molecule has 2 rings (SSSR count). The van der Waals surface area contributed by atoms with Crippen molar-refractivity contribution in [3.05, 3.63) is 29.3 Å². The number of ether oxygens (including phenoxy) is 2. The molecule has 0 amide bonds. The molecule has 1 aliphatic heterocycles. The van der Waals surface area contributed by atoms with Crippen molar-refractivity contribution in [2.45, 2.75) is 58.6 Å². The highest BCUT2D eigenvalue weighted by Gasteiger charge is 2.31. The van der Waals surface area contributed by atoms with E-state index in [1.54, 1.807) is 0 Å². The maximum Gasteiger partial charge on any atom is 0.123 e. The normalized spacial score (nSPS) is 19.2. The number of morpholine rings is 1. The average molecular weight is 372 g/mol. The van der Waals surface area contributed by atoms with Gasteiger partial charge in [0.1, 0.15) is 18.5 Å². The van der Waals surface area contributed by atoms with Gasteiger partial charge in [0.15, 0.2) is 0 Å². The van der Waals surface area contributed by atoms with Gasteiger partial charge in [0.25, 0.3) is 0 Å². The van der Waals surface area contributed by atoms with Gasteiger partial charge >= 0.3 is 0 Å². The van der Waals surface area contributed by atoms with Crippen LogP contribution in [-0.4, -0.2) is 54.6 Å². The summed E-state index contributed by atoms with van der Waals surface area (Å²) in [7, 11) is 0. The summed E-state index contributed by atoms with van der Waals surface area (Å²) in [5.74, 6) is 0.869. The first-order valence-electron chi connectivity index (χ1n) is 8.84. The number of hydrogen-bond donors (Lipinski definition) is 1. The predicted molar refractivity (Wildman–Crippen MR) is 105 cm³/mol. The van der Waals surface area contributed by atoms with E-state index < -0.39 is 6.10 Å². The van der Waals surface area contributed by atoms with Crippen LogP contribution in [0.5, 0.6) is 5.75 Å². The smallest absolute Gasteiger partial charge is 0.123 e. The Bertz CT molecular complexity index is 554. The zero-order chi connectivity index (χ0) is 18.0. The minimum Gasteiger partial charge on any atom is -0.491 e.